The molecule has 2 heterocycles. The van der Waals surface area contributed by atoms with Gasteiger partial charge < -0.3 is 10.0 Å². The summed E-state index contributed by atoms with van der Waals surface area (Å²) in [5.41, 5.74) is -1.78. The molecule has 1 aliphatic rings. The zero-order chi connectivity index (χ0) is 15.7. The van der Waals surface area contributed by atoms with E-state index in [9.17, 15) is 23.1 Å². The number of nitrogens with zero attached hydrogens (tertiary/aromatic N) is 3. The Bertz CT molecular complexity index is 526. The van der Waals surface area contributed by atoms with Crippen LogP contribution < -0.4 is 4.90 Å². The molecule has 0 radical (unpaired) electrons. The Balaban J connectivity index is 2.14. The average molecular weight is 303 g/mol. The van der Waals surface area contributed by atoms with Crippen molar-refractivity contribution in [3.05, 3.63) is 18.0 Å². The van der Waals surface area contributed by atoms with E-state index in [4.69, 9.17) is 0 Å². The van der Waals surface area contributed by atoms with Gasteiger partial charge in [0.25, 0.3) is 0 Å². The van der Waals surface area contributed by atoms with Crippen molar-refractivity contribution in [3.8, 4) is 0 Å². The van der Waals surface area contributed by atoms with E-state index >= 15 is 0 Å². The normalized spacial score (nSPS) is 18.6. The molecule has 1 aromatic heterocycles. The number of hydrogen-bond acceptors (Lipinski definition) is 4. The summed E-state index contributed by atoms with van der Waals surface area (Å²) in [6.45, 7) is 2.48. The van der Waals surface area contributed by atoms with Crippen LogP contribution >= 0.6 is 0 Å². The molecule has 21 heavy (non-hydrogen) atoms. The summed E-state index contributed by atoms with van der Waals surface area (Å²) in [5.74, 6) is -0.852. The Kier molecular flexibility index (Phi) is 4.06. The first kappa shape index (κ1) is 15.5. The molecule has 5 nitrogen and oxygen atoms in total. The van der Waals surface area contributed by atoms with Gasteiger partial charge in [0.2, 0.25) is 5.95 Å². The number of hydrogen-bond donors (Lipinski definition) is 1. The highest BCUT2D eigenvalue weighted by molar-refractivity contribution is 5.75. The van der Waals surface area contributed by atoms with Crippen LogP contribution in [0.5, 0.6) is 0 Å². The van der Waals surface area contributed by atoms with Crippen molar-refractivity contribution in [2.75, 3.05) is 18.0 Å². The summed E-state index contributed by atoms with van der Waals surface area (Å²) in [6, 6.07) is 0.820. The Morgan fingerprint density at radius 2 is 2.05 bits per heavy atom. The molecule has 1 N–H and O–H groups in total. The number of alkyl halides is 3. The van der Waals surface area contributed by atoms with Crippen molar-refractivity contribution in [1.29, 1.82) is 0 Å². The highest BCUT2D eigenvalue weighted by Gasteiger charge is 2.40. The van der Waals surface area contributed by atoms with Crippen molar-refractivity contribution in [2.45, 2.75) is 32.4 Å². The fraction of sp³-hybridized carbons (Fsp3) is 0.615. The molecule has 0 unspecified atom stereocenters. The van der Waals surface area contributed by atoms with Gasteiger partial charge in [0.1, 0.15) is 5.69 Å². The molecule has 0 aromatic carbocycles. The Morgan fingerprint density at radius 1 is 1.43 bits per heavy atom. The highest BCUT2D eigenvalue weighted by atomic mass is 19.4. The second kappa shape index (κ2) is 5.50. The molecule has 0 aliphatic carbocycles. The maximum Gasteiger partial charge on any atom is 0.433 e. The molecule has 1 saturated heterocycles. The van der Waals surface area contributed by atoms with E-state index < -0.39 is 23.3 Å². The molecule has 1 aromatic rings. The number of halogens is 3. The lowest BCUT2D eigenvalue weighted by Crippen LogP contribution is -2.44. The van der Waals surface area contributed by atoms with Gasteiger partial charge in [0, 0.05) is 19.3 Å². The van der Waals surface area contributed by atoms with Crippen LogP contribution in [-0.4, -0.2) is 34.1 Å². The predicted molar refractivity (Wildman–Crippen MR) is 68.8 cm³/mol. The first-order valence-corrected chi connectivity index (χ1v) is 6.67. The quantitative estimate of drug-likeness (QED) is 0.929. The maximum atomic E-state index is 12.6. The second-order valence-electron chi connectivity index (χ2n) is 5.17. The van der Waals surface area contributed by atoms with Crippen LogP contribution in [0.4, 0.5) is 19.1 Å². The van der Waals surface area contributed by atoms with E-state index in [0.717, 1.165) is 12.3 Å². The summed E-state index contributed by atoms with van der Waals surface area (Å²) in [5, 5.41) is 9.30. The summed E-state index contributed by atoms with van der Waals surface area (Å²) >= 11 is 0. The van der Waals surface area contributed by atoms with Gasteiger partial charge in [-0.25, -0.2) is 9.97 Å². The predicted octanol–water partition coefficient (Wildman–Crippen LogP) is 2.58. The highest BCUT2D eigenvalue weighted by Crippen LogP contribution is 2.36. The van der Waals surface area contributed by atoms with E-state index in [1.165, 1.54) is 0 Å². The number of aromatic nitrogens is 2. The molecule has 1 fully saturated rings. The number of carboxylic acids is 1. The van der Waals surface area contributed by atoms with Crippen LogP contribution in [-0.2, 0) is 11.0 Å². The first-order valence-electron chi connectivity index (χ1n) is 6.67. The molecular weight excluding hydrogens is 287 g/mol. The minimum absolute atomic E-state index is 0.0000770. The smallest absolute Gasteiger partial charge is 0.433 e. The van der Waals surface area contributed by atoms with E-state index in [-0.39, 0.29) is 5.95 Å². The molecule has 0 saturated carbocycles. The van der Waals surface area contributed by atoms with Crippen molar-refractivity contribution in [3.63, 3.8) is 0 Å². The topological polar surface area (TPSA) is 66.3 Å². The summed E-state index contributed by atoms with van der Waals surface area (Å²) in [6.07, 6.45) is -2.19. The molecular formula is C13H16F3N3O2. The summed E-state index contributed by atoms with van der Waals surface area (Å²) < 4.78 is 37.9. The molecule has 0 spiro atoms. The minimum atomic E-state index is -4.51. The second-order valence-corrected chi connectivity index (χ2v) is 5.17. The fourth-order valence-electron chi connectivity index (χ4n) is 2.51. The third-order valence-corrected chi connectivity index (χ3v) is 4.07. The first-order chi connectivity index (χ1) is 9.78. The third kappa shape index (κ3) is 3.08. The third-order valence-electron chi connectivity index (χ3n) is 4.07. The summed E-state index contributed by atoms with van der Waals surface area (Å²) in [4.78, 5) is 20.3. The number of aliphatic carboxylic acids is 1. The number of anilines is 1. The number of carbonyl (C=O) groups is 1. The Morgan fingerprint density at radius 3 is 2.52 bits per heavy atom. The van der Waals surface area contributed by atoms with Crippen molar-refractivity contribution < 1.29 is 23.1 Å². The lowest BCUT2D eigenvalue weighted by molar-refractivity contribution is -0.150. The number of rotatable bonds is 3. The van der Waals surface area contributed by atoms with E-state index in [1.54, 1.807) is 4.90 Å². The van der Waals surface area contributed by atoms with Gasteiger partial charge in [-0.05, 0) is 25.3 Å². The van der Waals surface area contributed by atoms with Crippen LogP contribution in [0, 0.1) is 5.41 Å². The maximum absolute atomic E-state index is 12.6. The van der Waals surface area contributed by atoms with Crippen LogP contribution in [0.3, 0.4) is 0 Å². The average Bonchev–Trinajstić information content (AvgIpc) is 2.46. The van der Waals surface area contributed by atoms with Gasteiger partial charge in [-0.15, -0.1) is 0 Å². The number of carboxylic acid groups (broad SMARTS) is 1. The van der Waals surface area contributed by atoms with Gasteiger partial charge >= 0.3 is 12.1 Å². The Hall–Kier alpha value is -1.86. The largest absolute Gasteiger partial charge is 0.481 e. The van der Waals surface area contributed by atoms with Crippen LogP contribution in [0.15, 0.2) is 12.3 Å². The molecule has 0 atom stereocenters. The lowest BCUT2D eigenvalue weighted by atomic mass is 9.76. The van der Waals surface area contributed by atoms with Gasteiger partial charge in [-0.3, -0.25) is 4.79 Å². The molecule has 2 rings (SSSR count). The van der Waals surface area contributed by atoms with Crippen molar-refractivity contribution in [2.24, 2.45) is 5.41 Å². The monoisotopic (exact) mass is 303 g/mol. The van der Waals surface area contributed by atoms with Crippen LogP contribution in [0.2, 0.25) is 0 Å². The van der Waals surface area contributed by atoms with Gasteiger partial charge in [0.05, 0.1) is 5.41 Å². The van der Waals surface area contributed by atoms with E-state index in [0.29, 0.717) is 32.4 Å². The molecule has 0 amide bonds. The van der Waals surface area contributed by atoms with Crippen molar-refractivity contribution >= 4 is 11.9 Å². The molecule has 0 bridgehead atoms. The zero-order valence-corrected chi connectivity index (χ0v) is 11.5. The molecule has 1 aliphatic heterocycles. The van der Waals surface area contributed by atoms with E-state index in [1.807, 2.05) is 6.92 Å². The van der Waals surface area contributed by atoms with E-state index in [2.05, 4.69) is 9.97 Å². The number of piperidine rings is 1. The standard InChI is InChI=1S/C13H16F3N3O2/c1-2-12(10(20)21)4-7-19(8-5-12)11-17-6-3-9(18-11)13(14,15)16/h3,6H,2,4-5,7-8H2,1H3,(H,20,21). The summed E-state index contributed by atoms with van der Waals surface area (Å²) in [7, 11) is 0. The van der Waals surface area contributed by atoms with Crippen molar-refractivity contribution in [1.82, 2.24) is 9.97 Å². The molecule has 8 heteroatoms. The van der Waals surface area contributed by atoms with Crippen LogP contribution in [0.1, 0.15) is 31.9 Å². The van der Waals surface area contributed by atoms with Gasteiger partial charge in [-0.1, -0.05) is 6.92 Å². The van der Waals surface area contributed by atoms with Crippen LogP contribution in [0.25, 0.3) is 0 Å². The van der Waals surface area contributed by atoms with Gasteiger partial charge in [0.15, 0.2) is 0 Å². The Labute approximate surface area is 119 Å². The van der Waals surface area contributed by atoms with Gasteiger partial charge in [-0.2, -0.15) is 13.2 Å². The lowest BCUT2D eigenvalue weighted by Gasteiger charge is -2.38. The fourth-order valence-corrected chi connectivity index (χ4v) is 2.51. The minimum Gasteiger partial charge on any atom is -0.481 e. The zero-order valence-electron chi connectivity index (χ0n) is 11.5. The molecule has 116 valence electrons. The SMILES string of the molecule is CCC1(C(=O)O)CCN(c2nccc(C(F)(F)F)n2)CC1.